The molecule has 0 unspecified atom stereocenters. The molecule has 1 amide bonds. The second-order valence-electron chi connectivity index (χ2n) is 7.59. The Hall–Kier alpha value is -2.86. The number of ether oxygens (including phenoxy) is 1. The second-order valence-corrected chi connectivity index (χ2v) is 7.59. The van der Waals surface area contributed by atoms with Gasteiger partial charge in [-0.25, -0.2) is 9.80 Å². The lowest BCUT2D eigenvalue weighted by Crippen LogP contribution is -2.46. The van der Waals surface area contributed by atoms with Crippen LogP contribution in [-0.4, -0.2) is 33.7 Å². The first-order valence-electron chi connectivity index (χ1n) is 10.5. The minimum Gasteiger partial charge on any atom is -0.409 e. The maximum absolute atomic E-state index is 12.1. The Morgan fingerprint density at radius 2 is 1.86 bits per heavy atom. The molecule has 3 heterocycles. The fourth-order valence-corrected chi connectivity index (χ4v) is 3.86. The van der Waals surface area contributed by atoms with E-state index in [1.807, 2.05) is 35.6 Å². The molecule has 0 spiro atoms. The van der Waals surface area contributed by atoms with Crippen LogP contribution < -0.4 is 10.2 Å². The first kappa shape index (κ1) is 19.5. The highest BCUT2D eigenvalue weighted by molar-refractivity contribution is 5.82. The van der Waals surface area contributed by atoms with Gasteiger partial charge in [0.2, 0.25) is 0 Å². The molecule has 4 rings (SSSR count). The van der Waals surface area contributed by atoms with Crippen molar-refractivity contribution in [2.24, 2.45) is 0 Å². The van der Waals surface area contributed by atoms with E-state index in [2.05, 4.69) is 39.4 Å². The van der Waals surface area contributed by atoms with E-state index >= 15 is 0 Å². The number of rotatable bonds is 7. The molecule has 0 aliphatic carbocycles. The monoisotopic (exact) mass is 392 g/mol. The predicted molar refractivity (Wildman–Crippen MR) is 114 cm³/mol. The van der Waals surface area contributed by atoms with Crippen molar-refractivity contribution in [2.75, 3.05) is 13.1 Å². The summed E-state index contributed by atoms with van der Waals surface area (Å²) in [6.45, 7) is 2.75. The van der Waals surface area contributed by atoms with Gasteiger partial charge in [0.1, 0.15) is 5.75 Å². The van der Waals surface area contributed by atoms with E-state index < -0.39 is 6.09 Å². The van der Waals surface area contributed by atoms with E-state index in [4.69, 9.17) is 4.74 Å². The number of aromatic nitrogens is 2. The Bertz CT molecular complexity index is 932. The Kier molecular flexibility index (Phi) is 6.42. The maximum Gasteiger partial charge on any atom is 0.427 e. The number of hydrogen-bond donors (Lipinski definition) is 1. The molecule has 152 valence electrons. The lowest BCUT2D eigenvalue weighted by atomic mass is 10.1. The van der Waals surface area contributed by atoms with Crippen LogP contribution in [0.25, 0.3) is 10.9 Å². The third-order valence-corrected chi connectivity index (χ3v) is 5.42. The Balaban J connectivity index is 1.29. The number of carbonyl (C=O) groups is 1. The van der Waals surface area contributed by atoms with E-state index in [0.29, 0.717) is 5.75 Å². The van der Waals surface area contributed by atoms with Gasteiger partial charge in [-0.05, 0) is 74.1 Å². The highest BCUT2D eigenvalue weighted by atomic mass is 16.6. The summed E-state index contributed by atoms with van der Waals surface area (Å²) in [5.41, 5.74) is 5.33. The molecule has 0 bridgehead atoms. The fraction of sp³-hybridized carbons (Fsp3) is 0.391. The van der Waals surface area contributed by atoms with Gasteiger partial charge in [0.25, 0.3) is 0 Å². The quantitative estimate of drug-likeness (QED) is 0.600. The first-order valence-corrected chi connectivity index (χ1v) is 10.5. The van der Waals surface area contributed by atoms with E-state index in [9.17, 15) is 4.79 Å². The molecule has 6 heteroatoms. The van der Waals surface area contributed by atoms with E-state index in [0.717, 1.165) is 62.6 Å². The van der Waals surface area contributed by atoms with Crippen molar-refractivity contribution in [1.29, 1.82) is 0 Å². The van der Waals surface area contributed by atoms with Gasteiger partial charge in [-0.2, -0.15) is 0 Å². The number of fused-ring (bicyclic) bond motifs is 1. The third kappa shape index (κ3) is 5.35. The summed E-state index contributed by atoms with van der Waals surface area (Å²) in [6.07, 6.45) is 12.2. The van der Waals surface area contributed by atoms with E-state index in [1.54, 1.807) is 0 Å². The zero-order chi connectivity index (χ0) is 19.9. The Morgan fingerprint density at radius 3 is 2.69 bits per heavy atom. The molecule has 1 aliphatic rings. The van der Waals surface area contributed by atoms with Crippen LogP contribution in [-0.2, 0) is 13.0 Å². The lowest BCUT2D eigenvalue weighted by molar-refractivity contribution is 0.129. The number of piperidine rings is 1. The van der Waals surface area contributed by atoms with Gasteiger partial charge < -0.3 is 9.30 Å². The van der Waals surface area contributed by atoms with Crippen LogP contribution in [0.15, 0.2) is 55.0 Å². The number of hydrazine groups is 1. The number of pyridine rings is 1. The van der Waals surface area contributed by atoms with Gasteiger partial charge in [-0.3, -0.25) is 10.4 Å². The SMILES string of the molecule is O=C(NN1CCCCC1)Oc1ccc2c(ccn2CCCCc2ccncc2)c1. The summed E-state index contributed by atoms with van der Waals surface area (Å²) in [5, 5.41) is 3.02. The number of benzene rings is 1. The molecule has 29 heavy (non-hydrogen) atoms. The zero-order valence-electron chi connectivity index (χ0n) is 16.7. The lowest BCUT2D eigenvalue weighted by Gasteiger charge is -2.26. The minimum absolute atomic E-state index is 0.415. The van der Waals surface area contributed by atoms with Crippen LogP contribution in [0, 0.1) is 0 Å². The molecule has 3 aromatic rings. The van der Waals surface area contributed by atoms with E-state index in [1.165, 1.54) is 12.0 Å². The van der Waals surface area contributed by atoms with Gasteiger partial charge in [0.05, 0.1) is 0 Å². The standard InChI is InChI=1S/C23H28N4O2/c28-23(25-27-15-3-1-4-16-27)29-21-7-8-22-20(18-21)11-17-26(22)14-5-2-6-19-9-12-24-13-10-19/h7-13,17-18H,1-6,14-16H2,(H,25,28). The number of aryl methyl sites for hydroxylation is 2. The van der Waals surface area contributed by atoms with E-state index in [-0.39, 0.29) is 0 Å². The summed E-state index contributed by atoms with van der Waals surface area (Å²) in [4.78, 5) is 16.2. The summed E-state index contributed by atoms with van der Waals surface area (Å²) < 4.78 is 7.74. The number of unbranched alkanes of at least 4 members (excludes halogenated alkanes) is 1. The molecular formula is C23H28N4O2. The van der Waals surface area contributed by atoms with Crippen molar-refractivity contribution >= 4 is 17.0 Å². The molecule has 1 N–H and O–H groups in total. The second kappa shape index (κ2) is 9.56. The van der Waals surface area contributed by atoms with Crippen LogP contribution in [0.2, 0.25) is 0 Å². The fourth-order valence-electron chi connectivity index (χ4n) is 3.86. The number of amides is 1. The Morgan fingerprint density at radius 1 is 1.03 bits per heavy atom. The summed E-state index contributed by atoms with van der Waals surface area (Å²) >= 11 is 0. The average Bonchev–Trinajstić information content (AvgIpc) is 3.15. The highest BCUT2D eigenvalue weighted by Crippen LogP contribution is 2.23. The topological polar surface area (TPSA) is 59.4 Å². The van der Waals surface area contributed by atoms with Crippen molar-refractivity contribution in [1.82, 2.24) is 20.0 Å². The number of nitrogens with one attached hydrogen (secondary N) is 1. The van der Waals surface area contributed by atoms with Gasteiger partial charge in [0, 0.05) is 49.1 Å². The number of nitrogens with zero attached hydrogens (tertiary/aromatic N) is 3. The molecule has 2 aromatic heterocycles. The summed E-state index contributed by atoms with van der Waals surface area (Å²) in [7, 11) is 0. The molecule has 0 atom stereocenters. The molecule has 1 aliphatic heterocycles. The normalized spacial score (nSPS) is 14.8. The van der Waals surface area contributed by atoms with Crippen LogP contribution in [0.4, 0.5) is 4.79 Å². The molecule has 6 nitrogen and oxygen atoms in total. The smallest absolute Gasteiger partial charge is 0.409 e. The van der Waals surface area contributed by atoms with Crippen LogP contribution in [0.3, 0.4) is 0 Å². The van der Waals surface area contributed by atoms with Crippen molar-refractivity contribution in [3.8, 4) is 5.75 Å². The third-order valence-electron chi connectivity index (χ3n) is 5.42. The maximum atomic E-state index is 12.1. The average molecular weight is 393 g/mol. The van der Waals surface area contributed by atoms with Crippen molar-refractivity contribution < 1.29 is 9.53 Å². The van der Waals surface area contributed by atoms with Gasteiger partial charge in [0.15, 0.2) is 0 Å². The minimum atomic E-state index is -0.415. The van der Waals surface area contributed by atoms with Crippen LogP contribution in [0.1, 0.15) is 37.7 Å². The molecule has 1 saturated heterocycles. The largest absolute Gasteiger partial charge is 0.427 e. The number of hydrogen-bond acceptors (Lipinski definition) is 4. The summed E-state index contributed by atoms with van der Waals surface area (Å²) in [5.74, 6) is 0.572. The van der Waals surface area contributed by atoms with Crippen LogP contribution in [0.5, 0.6) is 5.75 Å². The summed E-state index contributed by atoms with van der Waals surface area (Å²) in [6, 6.07) is 12.1. The zero-order valence-corrected chi connectivity index (χ0v) is 16.7. The van der Waals surface area contributed by atoms with Crippen molar-refractivity contribution in [3.05, 3.63) is 60.6 Å². The van der Waals surface area contributed by atoms with Gasteiger partial charge >= 0.3 is 6.09 Å². The van der Waals surface area contributed by atoms with Gasteiger partial charge in [-0.1, -0.05) is 6.42 Å². The first-order chi connectivity index (χ1) is 14.3. The van der Waals surface area contributed by atoms with Crippen LogP contribution >= 0.6 is 0 Å². The highest BCUT2D eigenvalue weighted by Gasteiger charge is 2.14. The number of carbonyl (C=O) groups excluding carboxylic acids is 1. The Labute approximate surface area is 171 Å². The van der Waals surface area contributed by atoms with Crippen molar-refractivity contribution in [3.63, 3.8) is 0 Å². The molecule has 0 saturated carbocycles. The molecule has 1 fully saturated rings. The molecular weight excluding hydrogens is 364 g/mol. The predicted octanol–water partition coefficient (Wildman–Crippen LogP) is 4.55. The van der Waals surface area contributed by atoms with Crippen molar-refractivity contribution in [2.45, 2.75) is 45.1 Å². The van der Waals surface area contributed by atoms with Gasteiger partial charge in [-0.15, -0.1) is 0 Å². The molecule has 0 radical (unpaired) electrons. The molecule has 1 aromatic carbocycles.